The van der Waals surface area contributed by atoms with Crippen molar-refractivity contribution in [2.45, 2.75) is 67.2 Å². The zero-order chi connectivity index (χ0) is 13.5. The molecule has 0 saturated carbocycles. The predicted molar refractivity (Wildman–Crippen MR) is 79.6 cm³/mol. The molecule has 0 bridgehead atoms. The Hall–Kier alpha value is -0.780. The van der Waals surface area contributed by atoms with Crippen LogP contribution >= 0.6 is 0 Å². The van der Waals surface area contributed by atoms with Crippen LogP contribution in [0.3, 0.4) is 0 Å². The van der Waals surface area contributed by atoms with E-state index in [1.54, 1.807) is 0 Å². The van der Waals surface area contributed by atoms with Crippen molar-refractivity contribution in [1.29, 1.82) is 0 Å². The molecule has 1 unspecified atom stereocenters. The molecule has 0 aliphatic rings. The topological polar surface area (TPSA) is 0 Å². The zero-order valence-electron chi connectivity index (χ0n) is 12.8. The SMILES string of the molecule is CC.CCCC(c1cccc(C)c1)C(C)(C)C. The maximum Gasteiger partial charge on any atom is -0.0113 e. The van der Waals surface area contributed by atoms with Crippen LogP contribution in [-0.2, 0) is 0 Å². The van der Waals surface area contributed by atoms with E-state index >= 15 is 0 Å². The van der Waals surface area contributed by atoms with Crippen molar-refractivity contribution in [3.05, 3.63) is 35.4 Å². The van der Waals surface area contributed by atoms with Gasteiger partial charge < -0.3 is 0 Å². The van der Waals surface area contributed by atoms with Crippen LogP contribution in [0.1, 0.15) is 71.4 Å². The lowest BCUT2D eigenvalue weighted by molar-refractivity contribution is 0.303. The van der Waals surface area contributed by atoms with Crippen molar-refractivity contribution in [3.8, 4) is 0 Å². The minimum atomic E-state index is 0.365. The van der Waals surface area contributed by atoms with Crippen LogP contribution in [0.5, 0.6) is 0 Å². The second-order valence-corrected chi connectivity index (χ2v) is 5.62. The van der Waals surface area contributed by atoms with Crippen molar-refractivity contribution < 1.29 is 0 Å². The molecule has 0 heteroatoms. The lowest BCUT2D eigenvalue weighted by Crippen LogP contribution is -2.18. The van der Waals surface area contributed by atoms with Crippen molar-refractivity contribution in [2.75, 3.05) is 0 Å². The number of hydrogen-bond acceptors (Lipinski definition) is 0. The molecule has 0 N–H and O–H groups in total. The molecule has 17 heavy (non-hydrogen) atoms. The smallest absolute Gasteiger partial charge is 0.0113 e. The first-order valence-corrected chi connectivity index (χ1v) is 7.01. The van der Waals surface area contributed by atoms with Crippen LogP contribution in [0.4, 0.5) is 0 Å². The van der Waals surface area contributed by atoms with Crippen LogP contribution in [0.25, 0.3) is 0 Å². The van der Waals surface area contributed by atoms with Crippen LogP contribution < -0.4 is 0 Å². The normalized spacial score (nSPS) is 12.6. The fraction of sp³-hybridized carbons (Fsp3) is 0.647. The van der Waals surface area contributed by atoms with Crippen molar-refractivity contribution in [2.24, 2.45) is 5.41 Å². The van der Waals surface area contributed by atoms with E-state index < -0.39 is 0 Å². The minimum Gasteiger partial charge on any atom is -0.0683 e. The van der Waals surface area contributed by atoms with E-state index in [1.165, 1.54) is 24.0 Å². The molecule has 98 valence electrons. The van der Waals surface area contributed by atoms with Gasteiger partial charge >= 0.3 is 0 Å². The van der Waals surface area contributed by atoms with Crippen LogP contribution in [0.15, 0.2) is 24.3 Å². The van der Waals surface area contributed by atoms with Crippen molar-refractivity contribution in [3.63, 3.8) is 0 Å². The molecule has 0 amide bonds. The number of benzene rings is 1. The Labute approximate surface area is 108 Å². The van der Waals surface area contributed by atoms with Gasteiger partial charge in [0.25, 0.3) is 0 Å². The Morgan fingerprint density at radius 3 is 2.12 bits per heavy atom. The average molecular weight is 234 g/mol. The maximum atomic E-state index is 2.34. The largest absolute Gasteiger partial charge is 0.0683 e. The molecule has 0 aromatic heterocycles. The van der Waals surface area contributed by atoms with E-state index in [2.05, 4.69) is 58.9 Å². The van der Waals surface area contributed by atoms with Gasteiger partial charge in [-0.25, -0.2) is 0 Å². The summed E-state index contributed by atoms with van der Waals surface area (Å²) in [5.41, 5.74) is 3.24. The first-order valence-electron chi connectivity index (χ1n) is 7.01. The molecule has 1 rings (SSSR count). The fourth-order valence-electron chi connectivity index (χ4n) is 2.28. The number of rotatable bonds is 3. The van der Waals surface area contributed by atoms with Crippen LogP contribution in [0, 0.1) is 12.3 Å². The third-order valence-electron chi connectivity index (χ3n) is 3.07. The fourth-order valence-corrected chi connectivity index (χ4v) is 2.28. The molecule has 0 saturated heterocycles. The van der Waals surface area contributed by atoms with E-state index in [0.717, 1.165) is 0 Å². The highest BCUT2D eigenvalue weighted by atomic mass is 14.3. The summed E-state index contributed by atoms with van der Waals surface area (Å²) in [5.74, 6) is 0.683. The molecule has 1 aromatic carbocycles. The molecule has 0 aliphatic carbocycles. The van der Waals surface area contributed by atoms with E-state index in [1.807, 2.05) is 13.8 Å². The molecule has 1 aromatic rings. The average Bonchev–Trinajstić information content (AvgIpc) is 2.27. The molecular weight excluding hydrogens is 204 g/mol. The Morgan fingerprint density at radius 2 is 1.71 bits per heavy atom. The van der Waals surface area contributed by atoms with E-state index in [-0.39, 0.29) is 0 Å². The van der Waals surface area contributed by atoms with Gasteiger partial charge in [0.15, 0.2) is 0 Å². The molecule has 1 atom stereocenters. The molecule has 0 nitrogen and oxygen atoms in total. The third kappa shape index (κ3) is 5.39. The van der Waals surface area contributed by atoms with Gasteiger partial charge in [0, 0.05) is 0 Å². The Bertz CT molecular complexity index is 304. The van der Waals surface area contributed by atoms with Gasteiger partial charge in [-0.1, -0.05) is 77.8 Å². The van der Waals surface area contributed by atoms with E-state index in [0.29, 0.717) is 11.3 Å². The lowest BCUT2D eigenvalue weighted by atomic mass is 9.74. The summed E-state index contributed by atoms with van der Waals surface area (Å²) in [6.07, 6.45) is 2.54. The second kappa shape index (κ2) is 7.53. The van der Waals surface area contributed by atoms with Crippen LogP contribution in [-0.4, -0.2) is 0 Å². The van der Waals surface area contributed by atoms with Gasteiger partial charge in [-0.15, -0.1) is 0 Å². The van der Waals surface area contributed by atoms with E-state index in [9.17, 15) is 0 Å². The summed E-state index contributed by atoms with van der Waals surface area (Å²) in [6, 6.07) is 8.97. The first kappa shape index (κ1) is 16.2. The molecule has 0 fully saturated rings. The molecule has 0 aliphatic heterocycles. The summed E-state index contributed by atoms with van der Waals surface area (Å²) in [5, 5.41) is 0. The quantitative estimate of drug-likeness (QED) is 0.606. The summed E-state index contributed by atoms with van der Waals surface area (Å²) in [4.78, 5) is 0. The zero-order valence-corrected chi connectivity index (χ0v) is 12.8. The summed E-state index contributed by atoms with van der Waals surface area (Å²) in [7, 11) is 0. The summed E-state index contributed by atoms with van der Waals surface area (Å²) in [6.45, 7) is 15.5. The van der Waals surface area contributed by atoms with Gasteiger partial charge in [0.2, 0.25) is 0 Å². The highest BCUT2D eigenvalue weighted by molar-refractivity contribution is 5.26. The van der Waals surface area contributed by atoms with Gasteiger partial charge in [0.05, 0.1) is 0 Å². The second-order valence-electron chi connectivity index (χ2n) is 5.62. The molecule has 0 radical (unpaired) electrons. The molecular formula is C17H30. The Balaban J connectivity index is 0.00000121. The highest BCUT2D eigenvalue weighted by Crippen LogP contribution is 2.38. The van der Waals surface area contributed by atoms with Gasteiger partial charge in [0.1, 0.15) is 0 Å². The molecule has 0 spiro atoms. The van der Waals surface area contributed by atoms with Crippen molar-refractivity contribution >= 4 is 0 Å². The first-order chi connectivity index (χ1) is 7.95. The van der Waals surface area contributed by atoms with Crippen molar-refractivity contribution in [1.82, 2.24) is 0 Å². The Morgan fingerprint density at radius 1 is 1.12 bits per heavy atom. The highest BCUT2D eigenvalue weighted by Gasteiger charge is 2.25. The van der Waals surface area contributed by atoms with Crippen LogP contribution in [0.2, 0.25) is 0 Å². The van der Waals surface area contributed by atoms with E-state index in [4.69, 9.17) is 0 Å². The number of aryl methyl sites for hydroxylation is 1. The summed E-state index contributed by atoms with van der Waals surface area (Å²) >= 11 is 0. The maximum absolute atomic E-state index is 2.34. The van der Waals surface area contributed by atoms with Gasteiger partial charge in [-0.2, -0.15) is 0 Å². The Kier molecular flexibility index (Phi) is 7.18. The minimum absolute atomic E-state index is 0.365. The van der Waals surface area contributed by atoms with Gasteiger partial charge in [-0.3, -0.25) is 0 Å². The summed E-state index contributed by atoms with van der Waals surface area (Å²) < 4.78 is 0. The third-order valence-corrected chi connectivity index (χ3v) is 3.07. The standard InChI is InChI=1S/C15H24.C2H6/c1-6-8-14(15(3,4)5)13-10-7-9-12(2)11-13;1-2/h7,9-11,14H,6,8H2,1-5H3;1-2H3. The lowest BCUT2D eigenvalue weighted by Gasteiger charge is -2.31. The van der Waals surface area contributed by atoms with Gasteiger partial charge in [-0.05, 0) is 30.2 Å². The monoisotopic (exact) mass is 234 g/mol. The molecule has 0 heterocycles. The predicted octanol–water partition coefficient (Wildman–Crippen LogP) is 5.95. The number of hydrogen-bond donors (Lipinski definition) is 0.